The Balaban J connectivity index is 1.56. The number of esters is 2. The molecule has 2 aliphatic heterocycles. The molecule has 1 fully saturated rings. The van der Waals surface area contributed by atoms with Crippen LogP contribution in [-0.4, -0.2) is 74.0 Å². The van der Waals surface area contributed by atoms with Gasteiger partial charge in [-0.05, 0) is 29.8 Å². The molecule has 1 saturated heterocycles. The van der Waals surface area contributed by atoms with Crippen LogP contribution < -0.4 is 10.6 Å². The third-order valence-electron chi connectivity index (χ3n) is 7.86. The second-order valence-corrected chi connectivity index (χ2v) is 10.3. The number of ether oxygens (including phenoxy) is 2. The van der Waals surface area contributed by atoms with Crippen molar-refractivity contribution in [2.75, 3.05) is 45.3 Å². The number of allylic oxidation sites excluding steroid dienone is 1. The minimum absolute atomic E-state index is 0.00968. The summed E-state index contributed by atoms with van der Waals surface area (Å²) in [7, 11) is 2.33. The quantitative estimate of drug-likeness (QED) is 0.419. The van der Waals surface area contributed by atoms with Gasteiger partial charge in [-0.1, -0.05) is 60.7 Å². The zero-order valence-electron chi connectivity index (χ0n) is 24.8. The van der Waals surface area contributed by atoms with Crippen molar-refractivity contribution in [3.05, 3.63) is 124 Å². The molecule has 2 amide bonds. The molecule has 45 heavy (non-hydrogen) atoms. The minimum Gasteiger partial charge on any atom is -0.466 e. The van der Waals surface area contributed by atoms with E-state index in [2.05, 4.69) is 6.07 Å². The highest BCUT2D eigenvalue weighted by atomic mass is 16.5. The number of amides is 2. The molecule has 0 bridgehead atoms. The van der Waals surface area contributed by atoms with Crippen molar-refractivity contribution in [3.63, 3.8) is 0 Å². The van der Waals surface area contributed by atoms with Crippen LogP contribution in [0.1, 0.15) is 32.2 Å². The summed E-state index contributed by atoms with van der Waals surface area (Å²) < 4.78 is 10.2. The van der Waals surface area contributed by atoms with Gasteiger partial charge in [-0.3, -0.25) is 14.5 Å². The first-order valence-corrected chi connectivity index (χ1v) is 14.2. The second-order valence-electron chi connectivity index (χ2n) is 10.3. The maximum Gasteiger partial charge on any atom is 0.355 e. The van der Waals surface area contributed by atoms with Crippen LogP contribution in [0.25, 0.3) is 0 Å². The number of para-hydroxylation sites is 1. The zero-order chi connectivity index (χ0) is 32.1. The maximum atomic E-state index is 14.0. The first-order chi connectivity index (χ1) is 21.8. The van der Waals surface area contributed by atoms with Crippen molar-refractivity contribution < 1.29 is 28.7 Å². The summed E-state index contributed by atoms with van der Waals surface area (Å²) in [5.41, 5.74) is 7.66. The third kappa shape index (κ3) is 5.73. The van der Waals surface area contributed by atoms with E-state index < -0.39 is 17.9 Å². The molecule has 0 radical (unpaired) electrons. The van der Waals surface area contributed by atoms with Crippen LogP contribution in [0.3, 0.4) is 0 Å². The largest absolute Gasteiger partial charge is 0.466 e. The normalized spacial score (nSPS) is 16.6. The SMILES string of the molecule is COC(=O)C1=C(C(=O)OC)N(c2ccccc2C(=O)N2CCN(C(=O)c3ccccc3)CC2)C(N)=C(C#N)C1c1ccccc1. The predicted molar refractivity (Wildman–Crippen MR) is 164 cm³/mol. The lowest BCUT2D eigenvalue weighted by atomic mass is 9.80. The highest BCUT2D eigenvalue weighted by molar-refractivity contribution is 6.09. The third-order valence-corrected chi connectivity index (χ3v) is 7.86. The number of methoxy groups -OCH3 is 2. The number of nitrogens with two attached hydrogens (primary N) is 1. The summed E-state index contributed by atoms with van der Waals surface area (Å²) in [4.78, 5) is 58.4. The van der Waals surface area contributed by atoms with Crippen molar-refractivity contribution in [2.45, 2.75) is 5.92 Å². The molecule has 0 aliphatic carbocycles. The Labute approximate surface area is 260 Å². The van der Waals surface area contributed by atoms with E-state index in [1.54, 1.807) is 88.7 Å². The van der Waals surface area contributed by atoms with Gasteiger partial charge in [-0.25, -0.2) is 9.59 Å². The van der Waals surface area contributed by atoms with Gasteiger partial charge in [0.05, 0.1) is 48.6 Å². The number of benzene rings is 3. The van der Waals surface area contributed by atoms with Crippen LogP contribution >= 0.6 is 0 Å². The molecule has 1 unspecified atom stereocenters. The highest BCUT2D eigenvalue weighted by Gasteiger charge is 2.44. The average molecular weight is 606 g/mol. The number of piperazine rings is 1. The van der Waals surface area contributed by atoms with Crippen LogP contribution in [0.15, 0.2) is 108 Å². The van der Waals surface area contributed by atoms with E-state index in [4.69, 9.17) is 15.2 Å². The van der Waals surface area contributed by atoms with Crippen LogP contribution in [0.2, 0.25) is 0 Å². The summed E-state index contributed by atoms with van der Waals surface area (Å²) in [6.45, 7) is 1.18. The molecule has 2 heterocycles. The number of hydrogen-bond donors (Lipinski definition) is 1. The Morgan fingerprint density at radius 2 is 1.29 bits per heavy atom. The van der Waals surface area contributed by atoms with Crippen LogP contribution in [0.4, 0.5) is 5.69 Å². The molecule has 0 spiro atoms. The fourth-order valence-electron chi connectivity index (χ4n) is 5.66. The lowest BCUT2D eigenvalue weighted by molar-refractivity contribution is -0.139. The number of carbonyl (C=O) groups excluding carboxylic acids is 4. The molecule has 3 aromatic carbocycles. The molecular weight excluding hydrogens is 574 g/mol. The van der Waals surface area contributed by atoms with Crippen molar-refractivity contribution >= 4 is 29.4 Å². The van der Waals surface area contributed by atoms with Gasteiger partial charge in [0, 0.05) is 31.7 Å². The molecule has 0 aromatic heterocycles. The van der Waals surface area contributed by atoms with Gasteiger partial charge in [0.1, 0.15) is 11.5 Å². The molecule has 2 N–H and O–H groups in total. The number of nitrogens with zero attached hydrogens (tertiary/aromatic N) is 4. The topological polar surface area (TPSA) is 146 Å². The van der Waals surface area contributed by atoms with Crippen molar-refractivity contribution in [1.82, 2.24) is 9.80 Å². The van der Waals surface area contributed by atoms with Crippen molar-refractivity contribution in [2.24, 2.45) is 5.73 Å². The first-order valence-electron chi connectivity index (χ1n) is 14.2. The van der Waals surface area contributed by atoms with Crippen molar-refractivity contribution in [3.8, 4) is 6.07 Å². The van der Waals surface area contributed by atoms with Gasteiger partial charge in [0.2, 0.25) is 0 Å². The lowest BCUT2D eigenvalue weighted by Gasteiger charge is -2.38. The standard InChI is InChI=1S/C34H31N5O6/c1-44-33(42)28-27(22-11-5-3-6-12-22)25(21-35)30(36)39(29(28)34(43)45-2)26-16-10-9-15-24(26)32(41)38-19-17-37(18-20-38)31(40)23-13-7-4-8-14-23/h3-16,27H,17-20,36H2,1-2H3. The van der Waals surface area contributed by atoms with Gasteiger partial charge in [0.25, 0.3) is 11.8 Å². The fraction of sp³-hybridized carbons (Fsp3) is 0.206. The maximum absolute atomic E-state index is 14.0. The molecule has 1 atom stereocenters. The molecule has 2 aliphatic rings. The Morgan fingerprint density at radius 3 is 1.87 bits per heavy atom. The molecule has 11 heteroatoms. The Hall–Kier alpha value is -5.89. The van der Waals surface area contributed by atoms with Crippen LogP contribution in [-0.2, 0) is 19.1 Å². The van der Waals surface area contributed by atoms with E-state index in [0.717, 1.165) is 7.11 Å². The number of anilines is 1. The average Bonchev–Trinajstić information content (AvgIpc) is 3.10. The number of carbonyl (C=O) groups is 4. The molecule has 11 nitrogen and oxygen atoms in total. The van der Waals surface area contributed by atoms with Crippen LogP contribution in [0.5, 0.6) is 0 Å². The van der Waals surface area contributed by atoms with E-state index >= 15 is 0 Å². The fourth-order valence-corrected chi connectivity index (χ4v) is 5.66. The molecule has 0 saturated carbocycles. The summed E-state index contributed by atoms with van der Waals surface area (Å²) in [5.74, 6) is -3.44. The summed E-state index contributed by atoms with van der Waals surface area (Å²) in [5, 5.41) is 10.3. The molecule has 5 rings (SSSR count). The molecule has 228 valence electrons. The summed E-state index contributed by atoms with van der Waals surface area (Å²) in [6.07, 6.45) is 0. The van der Waals surface area contributed by atoms with Crippen molar-refractivity contribution in [1.29, 1.82) is 5.26 Å². The van der Waals surface area contributed by atoms with Gasteiger partial charge in [-0.2, -0.15) is 5.26 Å². The molecular formula is C34H31N5O6. The van der Waals surface area contributed by atoms with Gasteiger partial charge >= 0.3 is 11.9 Å². The molecule has 3 aromatic rings. The lowest BCUT2D eigenvalue weighted by Crippen LogP contribution is -2.51. The van der Waals surface area contributed by atoms with Crippen LogP contribution in [0, 0.1) is 11.3 Å². The zero-order valence-corrected chi connectivity index (χ0v) is 24.8. The Kier molecular flexibility index (Phi) is 8.95. The number of rotatable bonds is 6. The van der Waals surface area contributed by atoms with E-state index in [9.17, 15) is 24.4 Å². The first kappa shape index (κ1) is 30.6. The number of nitriles is 1. The summed E-state index contributed by atoms with van der Waals surface area (Å²) >= 11 is 0. The predicted octanol–water partition coefficient (Wildman–Crippen LogP) is 3.18. The highest BCUT2D eigenvalue weighted by Crippen LogP contribution is 2.44. The van der Waals surface area contributed by atoms with Gasteiger partial charge in [0.15, 0.2) is 0 Å². The minimum atomic E-state index is -1.04. The van der Waals surface area contributed by atoms with E-state index in [-0.39, 0.29) is 58.8 Å². The summed E-state index contributed by atoms with van der Waals surface area (Å²) in [6, 6.07) is 26.2. The second kappa shape index (κ2) is 13.2. The smallest absolute Gasteiger partial charge is 0.355 e. The monoisotopic (exact) mass is 605 g/mol. The Morgan fingerprint density at radius 1 is 0.756 bits per heavy atom. The van der Waals surface area contributed by atoms with E-state index in [1.165, 1.54) is 12.0 Å². The Bertz CT molecular complexity index is 1740. The number of hydrogen-bond acceptors (Lipinski definition) is 9. The van der Waals surface area contributed by atoms with Gasteiger partial charge in [-0.15, -0.1) is 0 Å². The van der Waals surface area contributed by atoms with E-state index in [1.807, 2.05) is 6.07 Å². The van der Waals surface area contributed by atoms with E-state index in [0.29, 0.717) is 24.2 Å². The van der Waals surface area contributed by atoms with Gasteiger partial charge < -0.3 is 25.0 Å².